The van der Waals surface area contributed by atoms with Crippen molar-refractivity contribution in [3.05, 3.63) is 78.1 Å². The topological polar surface area (TPSA) is 114 Å². The molecule has 1 atom stereocenters. The number of para-hydroxylation sites is 1. The zero-order valence-electron chi connectivity index (χ0n) is 18.5. The molecule has 0 radical (unpaired) electrons. The van der Waals surface area contributed by atoms with Crippen LogP contribution in [0.25, 0.3) is 11.1 Å². The highest BCUT2D eigenvalue weighted by Crippen LogP contribution is 2.36. The van der Waals surface area contributed by atoms with Crippen LogP contribution in [0.2, 0.25) is 0 Å². The number of rotatable bonds is 6. The zero-order chi connectivity index (χ0) is 24.5. The van der Waals surface area contributed by atoms with Gasteiger partial charge in [-0.05, 0) is 36.6 Å². The number of amidine groups is 1. The van der Waals surface area contributed by atoms with E-state index < -0.39 is 32.6 Å². The quantitative estimate of drug-likeness (QED) is 0.411. The minimum absolute atomic E-state index is 0.113. The predicted molar refractivity (Wildman–Crippen MR) is 128 cm³/mol. The van der Waals surface area contributed by atoms with Crippen LogP contribution < -0.4 is 15.4 Å². The first-order valence-corrected chi connectivity index (χ1v) is 12.6. The molecule has 0 bridgehead atoms. The van der Waals surface area contributed by atoms with E-state index in [4.69, 9.17) is 15.9 Å². The number of amides is 1. The fourth-order valence-corrected chi connectivity index (χ4v) is 5.11. The standard InChI is InChI=1S/C25H24FN3O4S/c1-34(31,32)23-17(16-8-3-2-4-9-16)13-14-19(22(23)26)29-15-7-12-21(25(29)30)33-20-11-6-5-10-18(20)24(27)28/h2-6,8-11,13-14,21H,7,12,15H2,1H3,(H3,27,28). The summed E-state index contributed by atoms with van der Waals surface area (Å²) in [4.78, 5) is 14.1. The van der Waals surface area contributed by atoms with Gasteiger partial charge >= 0.3 is 0 Å². The van der Waals surface area contributed by atoms with E-state index in [9.17, 15) is 13.2 Å². The van der Waals surface area contributed by atoms with Crippen molar-refractivity contribution in [2.75, 3.05) is 17.7 Å². The summed E-state index contributed by atoms with van der Waals surface area (Å²) in [5, 5.41) is 7.72. The van der Waals surface area contributed by atoms with Gasteiger partial charge in [0.25, 0.3) is 5.91 Å². The van der Waals surface area contributed by atoms with Crippen LogP contribution in [0.4, 0.5) is 10.1 Å². The molecule has 1 fully saturated rings. The lowest BCUT2D eigenvalue weighted by Crippen LogP contribution is -2.47. The third kappa shape index (κ3) is 4.51. The van der Waals surface area contributed by atoms with Gasteiger partial charge in [-0.2, -0.15) is 0 Å². The Hall–Kier alpha value is -3.72. The summed E-state index contributed by atoms with van der Waals surface area (Å²) in [6.45, 7) is 0.220. The number of nitrogen functional groups attached to an aromatic ring is 1. The highest BCUT2D eigenvalue weighted by atomic mass is 32.2. The average molecular weight is 482 g/mol. The van der Waals surface area contributed by atoms with Crippen molar-refractivity contribution in [3.63, 3.8) is 0 Å². The van der Waals surface area contributed by atoms with Gasteiger partial charge < -0.3 is 15.4 Å². The van der Waals surface area contributed by atoms with Crippen LogP contribution in [0.1, 0.15) is 18.4 Å². The molecule has 0 aromatic heterocycles. The fourth-order valence-electron chi connectivity index (χ4n) is 4.10. The van der Waals surface area contributed by atoms with Gasteiger partial charge in [-0.3, -0.25) is 10.2 Å². The van der Waals surface area contributed by atoms with Crippen molar-refractivity contribution in [1.82, 2.24) is 0 Å². The molecule has 3 N–H and O–H groups in total. The lowest BCUT2D eigenvalue weighted by molar-refractivity contribution is -0.127. The lowest BCUT2D eigenvalue weighted by atomic mass is 10.0. The number of hydrogen-bond donors (Lipinski definition) is 2. The fraction of sp³-hybridized carbons (Fsp3) is 0.200. The first-order chi connectivity index (χ1) is 16.2. The third-order valence-corrected chi connectivity index (χ3v) is 6.80. The highest BCUT2D eigenvalue weighted by Gasteiger charge is 2.35. The summed E-state index contributed by atoms with van der Waals surface area (Å²) < 4.78 is 46.8. The van der Waals surface area contributed by atoms with Crippen molar-refractivity contribution >= 4 is 27.3 Å². The Labute approximate surface area is 197 Å². The van der Waals surface area contributed by atoms with Gasteiger partial charge in [0.15, 0.2) is 21.8 Å². The molecule has 0 spiro atoms. The number of halogens is 1. The smallest absolute Gasteiger partial charge is 0.268 e. The predicted octanol–water partition coefficient (Wildman–Crippen LogP) is 3.75. The van der Waals surface area contributed by atoms with Crippen molar-refractivity contribution < 1.29 is 22.3 Å². The third-order valence-electron chi connectivity index (χ3n) is 5.66. The van der Waals surface area contributed by atoms with Crippen LogP contribution >= 0.6 is 0 Å². The van der Waals surface area contributed by atoms with E-state index in [2.05, 4.69) is 0 Å². The Kier molecular flexibility index (Phi) is 6.39. The van der Waals surface area contributed by atoms with Crippen molar-refractivity contribution in [3.8, 4) is 16.9 Å². The summed E-state index contributed by atoms with van der Waals surface area (Å²) in [6.07, 6.45) is 0.936. The number of sulfone groups is 1. The van der Waals surface area contributed by atoms with Gasteiger partial charge in [0.1, 0.15) is 16.5 Å². The van der Waals surface area contributed by atoms with Gasteiger partial charge in [-0.25, -0.2) is 12.8 Å². The highest BCUT2D eigenvalue weighted by molar-refractivity contribution is 7.90. The Morgan fingerprint density at radius 3 is 2.44 bits per heavy atom. The molecular formula is C25H24FN3O4S. The normalized spacial score (nSPS) is 16.4. The molecular weight excluding hydrogens is 457 g/mol. The zero-order valence-corrected chi connectivity index (χ0v) is 19.3. The molecule has 7 nitrogen and oxygen atoms in total. The Morgan fingerprint density at radius 2 is 1.76 bits per heavy atom. The number of nitrogens with zero attached hydrogens (tertiary/aromatic N) is 1. The molecule has 1 amide bonds. The minimum atomic E-state index is -3.95. The SMILES string of the molecule is CS(=O)(=O)c1c(-c2ccccc2)ccc(N2CCCC(Oc3ccccc3C(=N)N)C2=O)c1F. The molecule has 1 heterocycles. The molecule has 0 saturated carbocycles. The number of benzene rings is 3. The molecule has 34 heavy (non-hydrogen) atoms. The van der Waals surface area contributed by atoms with Gasteiger partial charge in [-0.15, -0.1) is 0 Å². The summed E-state index contributed by atoms with van der Waals surface area (Å²) >= 11 is 0. The van der Waals surface area contributed by atoms with Gasteiger partial charge in [0, 0.05) is 18.4 Å². The second kappa shape index (κ2) is 9.26. The monoisotopic (exact) mass is 481 g/mol. The summed E-state index contributed by atoms with van der Waals surface area (Å²) in [5.74, 6) is -1.37. The number of anilines is 1. The summed E-state index contributed by atoms with van der Waals surface area (Å²) in [7, 11) is -3.95. The molecule has 176 valence electrons. The largest absolute Gasteiger partial charge is 0.480 e. The molecule has 1 unspecified atom stereocenters. The number of hydrogen-bond acceptors (Lipinski definition) is 5. The molecule has 4 rings (SSSR count). The van der Waals surface area contributed by atoms with E-state index in [-0.39, 0.29) is 29.4 Å². The van der Waals surface area contributed by atoms with Crippen LogP contribution in [0.3, 0.4) is 0 Å². The molecule has 0 aliphatic carbocycles. The molecule has 1 saturated heterocycles. The van der Waals surface area contributed by atoms with E-state index in [1.807, 2.05) is 0 Å². The molecule has 1 aliphatic heterocycles. The second-order valence-electron chi connectivity index (χ2n) is 8.06. The first kappa shape index (κ1) is 23.4. The van der Waals surface area contributed by atoms with Crippen LogP contribution in [0.15, 0.2) is 71.6 Å². The van der Waals surface area contributed by atoms with Gasteiger partial charge in [-0.1, -0.05) is 48.5 Å². The van der Waals surface area contributed by atoms with Crippen LogP contribution in [0.5, 0.6) is 5.75 Å². The maximum Gasteiger partial charge on any atom is 0.268 e. The number of nitrogens with one attached hydrogen (secondary N) is 1. The Bertz CT molecular complexity index is 1360. The number of ether oxygens (including phenoxy) is 1. The first-order valence-electron chi connectivity index (χ1n) is 10.7. The second-order valence-corrected chi connectivity index (χ2v) is 10.0. The molecule has 1 aliphatic rings. The van der Waals surface area contributed by atoms with E-state index in [0.717, 1.165) is 6.26 Å². The van der Waals surface area contributed by atoms with Gasteiger partial charge in [0.2, 0.25) is 0 Å². The van der Waals surface area contributed by atoms with Gasteiger partial charge in [0.05, 0.1) is 11.3 Å². The number of carbonyl (C=O) groups excluding carboxylic acids is 1. The lowest BCUT2D eigenvalue weighted by Gasteiger charge is -2.33. The van der Waals surface area contributed by atoms with Crippen molar-refractivity contribution in [2.45, 2.75) is 23.8 Å². The van der Waals surface area contributed by atoms with Crippen LogP contribution in [0, 0.1) is 11.2 Å². The Balaban J connectivity index is 1.72. The summed E-state index contributed by atoms with van der Waals surface area (Å²) in [5.41, 5.74) is 6.64. The maximum absolute atomic E-state index is 15.7. The van der Waals surface area contributed by atoms with E-state index in [1.165, 1.54) is 17.0 Å². The number of carbonyl (C=O) groups is 1. The van der Waals surface area contributed by atoms with Crippen LogP contribution in [-0.2, 0) is 14.6 Å². The van der Waals surface area contributed by atoms with Crippen molar-refractivity contribution in [2.24, 2.45) is 5.73 Å². The maximum atomic E-state index is 15.7. The van der Waals surface area contributed by atoms with Crippen molar-refractivity contribution in [1.29, 1.82) is 5.41 Å². The molecule has 3 aromatic rings. The number of piperidine rings is 1. The molecule has 9 heteroatoms. The van der Waals surface area contributed by atoms with E-state index in [0.29, 0.717) is 24.0 Å². The van der Waals surface area contributed by atoms with E-state index in [1.54, 1.807) is 54.6 Å². The Morgan fingerprint density at radius 1 is 1.09 bits per heavy atom. The minimum Gasteiger partial charge on any atom is -0.480 e. The average Bonchev–Trinajstić information content (AvgIpc) is 2.80. The van der Waals surface area contributed by atoms with Crippen LogP contribution in [-0.4, -0.2) is 39.1 Å². The summed E-state index contributed by atoms with van der Waals surface area (Å²) in [6, 6.07) is 18.2. The number of nitrogens with two attached hydrogens (primary N) is 1. The van der Waals surface area contributed by atoms with E-state index >= 15 is 4.39 Å². The molecule has 3 aromatic carbocycles.